The SMILES string of the molecule is COC1(C(OC(C)(C)C)C(N)=O)C=CC=CC1. The van der Waals surface area contributed by atoms with Gasteiger partial charge in [-0.05, 0) is 26.8 Å². The number of allylic oxidation sites excluding steroid dienone is 2. The lowest BCUT2D eigenvalue weighted by Gasteiger charge is -2.39. The molecule has 0 radical (unpaired) electrons. The Hall–Kier alpha value is -1.13. The van der Waals surface area contributed by atoms with Gasteiger partial charge in [0.25, 0.3) is 0 Å². The van der Waals surface area contributed by atoms with Gasteiger partial charge in [0.1, 0.15) is 5.60 Å². The van der Waals surface area contributed by atoms with Crippen molar-refractivity contribution in [3.05, 3.63) is 24.3 Å². The van der Waals surface area contributed by atoms with Crippen LogP contribution >= 0.6 is 0 Å². The number of hydrogen-bond donors (Lipinski definition) is 1. The third-order valence-electron chi connectivity index (χ3n) is 2.62. The summed E-state index contributed by atoms with van der Waals surface area (Å²) in [6.45, 7) is 5.65. The van der Waals surface area contributed by atoms with Gasteiger partial charge in [-0.25, -0.2) is 0 Å². The third-order valence-corrected chi connectivity index (χ3v) is 2.62. The van der Waals surface area contributed by atoms with Crippen LogP contribution in [-0.2, 0) is 14.3 Å². The Labute approximate surface area is 102 Å². The molecule has 1 amide bonds. The van der Waals surface area contributed by atoms with E-state index in [1.807, 2.05) is 45.1 Å². The van der Waals surface area contributed by atoms with Crippen molar-refractivity contribution >= 4 is 5.91 Å². The van der Waals surface area contributed by atoms with Crippen LogP contribution in [0.25, 0.3) is 0 Å². The highest BCUT2D eigenvalue weighted by Gasteiger charge is 2.43. The highest BCUT2D eigenvalue weighted by molar-refractivity contribution is 5.81. The first-order valence-electron chi connectivity index (χ1n) is 5.67. The summed E-state index contributed by atoms with van der Waals surface area (Å²) >= 11 is 0. The van der Waals surface area contributed by atoms with Gasteiger partial charge in [0.2, 0.25) is 5.91 Å². The van der Waals surface area contributed by atoms with Crippen molar-refractivity contribution in [1.82, 2.24) is 0 Å². The van der Waals surface area contributed by atoms with Crippen LogP contribution in [0, 0.1) is 0 Å². The van der Waals surface area contributed by atoms with Crippen molar-refractivity contribution in [2.75, 3.05) is 7.11 Å². The fourth-order valence-corrected chi connectivity index (χ4v) is 1.82. The van der Waals surface area contributed by atoms with Crippen LogP contribution in [0.4, 0.5) is 0 Å². The number of rotatable bonds is 4. The molecule has 0 saturated carbocycles. The molecular weight excluding hydrogens is 218 g/mol. The molecule has 0 bridgehead atoms. The zero-order valence-electron chi connectivity index (χ0n) is 10.9. The van der Waals surface area contributed by atoms with E-state index in [0.717, 1.165) is 0 Å². The molecule has 0 aliphatic heterocycles. The van der Waals surface area contributed by atoms with Crippen molar-refractivity contribution in [1.29, 1.82) is 0 Å². The predicted molar refractivity (Wildman–Crippen MR) is 66.5 cm³/mol. The Morgan fingerprint density at radius 2 is 2.06 bits per heavy atom. The second kappa shape index (κ2) is 5.02. The lowest BCUT2D eigenvalue weighted by Crippen LogP contribution is -2.54. The first-order valence-corrected chi connectivity index (χ1v) is 5.67. The first-order chi connectivity index (χ1) is 7.81. The average molecular weight is 239 g/mol. The molecule has 17 heavy (non-hydrogen) atoms. The number of carbonyl (C=O) groups excluding carboxylic acids is 1. The Bertz CT molecular complexity index is 341. The molecule has 0 fully saturated rings. The van der Waals surface area contributed by atoms with Crippen LogP contribution in [-0.4, -0.2) is 30.3 Å². The van der Waals surface area contributed by atoms with Crippen LogP contribution in [0.3, 0.4) is 0 Å². The molecule has 1 aliphatic rings. The molecule has 0 saturated heterocycles. The topological polar surface area (TPSA) is 61.6 Å². The second-order valence-electron chi connectivity index (χ2n) is 5.16. The molecule has 96 valence electrons. The maximum Gasteiger partial charge on any atom is 0.249 e. The predicted octanol–water partition coefficient (Wildman–Crippen LogP) is 1.56. The Morgan fingerprint density at radius 3 is 2.41 bits per heavy atom. The van der Waals surface area contributed by atoms with Crippen molar-refractivity contribution in [3.8, 4) is 0 Å². The molecular formula is C13H21NO3. The number of nitrogens with two attached hydrogens (primary N) is 1. The minimum absolute atomic E-state index is 0.458. The van der Waals surface area contributed by atoms with Gasteiger partial charge < -0.3 is 15.2 Å². The van der Waals surface area contributed by atoms with Crippen LogP contribution in [0.5, 0.6) is 0 Å². The Kier molecular flexibility index (Phi) is 4.11. The standard InChI is InChI=1S/C13H21NO3/c1-12(2,3)17-10(11(14)15)13(16-4)8-6-5-7-9-13/h5-8,10H,9H2,1-4H3,(H2,14,15). The molecule has 0 heterocycles. The van der Waals surface area contributed by atoms with E-state index in [-0.39, 0.29) is 0 Å². The summed E-state index contributed by atoms with van der Waals surface area (Å²) < 4.78 is 11.2. The van der Waals surface area contributed by atoms with Crippen LogP contribution < -0.4 is 5.73 Å². The van der Waals surface area contributed by atoms with Crippen molar-refractivity contribution in [2.45, 2.75) is 44.5 Å². The van der Waals surface area contributed by atoms with E-state index in [4.69, 9.17) is 15.2 Å². The molecule has 2 N–H and O–H groups in total. The number of hydrogen-bond acceptors (Lipinski definition) is 3. The van der Waals surface area contributed by atoms with E-state index in [0.29, 0.717) is 6.42 Å². The van der Waals surface area contributed by atoms with Gasteiger partial charge >= 0.3 is 0 Å². The largest absolute Gasteiger partial charge is 0.371 e. The summed E-state index contributed by atoms with van der Waals surface area (Å²) in [5.74, 6) is -0.512. The van der Waals surface area contributed by atoms with Crippen molar-refractivity contribution < 1.29 is 14.3 Å². The smallest absolute Gasteiger partial charge is 0.249 e. The highest BCUT2D eigenvalue weighted by atomic mass is 16.6. The number of methoxy groups -OCH3 is 1. The third kappa shape index (κ3) is 3.41. The molecule has 0 aromatic carbocycles. The Balaban J connectivity index is 3.00. The molecule has 1 rings (SSSR count). The van der Waals surface area contributed by atoms with Gasteiger partial charge in [-0.15, -0.1) is 0 Å². The van der Waals surface area contributed by atoms with E-state index >= 15 is 0 Å². The molecule has 2 atom stereocenters. The van der Waals surface area contributed by atoms with E-state index < -0.39 is 23.2 Å². The highest BCUT2D eigenvalue weighted by Crippen LogP contribution is 2.30. The number of ether oxygens (including phenoxy) is 2. The molecule has 4 nitrogen and oxygen atoms in total. The molecule has 2 unspecified atom stereocenters. The number of amides is 1. The Morgan fingerprint density at radius 1 is 1.41 bits per heavy atom. The fourth-order valence-electron chi connectivity index (χ4n) is 1.82. The van der Waals surface area contributed by atoms with Gasteiger partial charge in [0.15, 0.2) is 6.10 Å². The summed E-state index contributed by atoms with van der Waals surface area (Å²) in [6.07, 6.45) is 7.29. The minimum Gasteiger partial charge on any atom is -0.371 e. The zero-order chi connectivity index (χ0) is 13.1. The summed E-state index contributed by atoms with van der Waals surface area (Å²) in [4.78, 5) is 11.6. The summed E-state index contributed by atoms with van der Waals surface area (Å²) in [7, 11) is 1.56. The van der Waals surface area contributed by atoms with E-state index in [2.05, 4.69) is 0 Å². The normalized spacial score (nSPS) is 25.9. The molecule has 0 spiro atoms. The lowest BCUT2D eigenvalue weighted by atomic mass is 9.88. The number of carbonyl (C=O) groups is 1. The van der Waals surface area contributed by atoms with Crippen molar-refractivity contribution in [2.24, 2.45) is 5.73 Å². The van der Waals surface area contributed by atoms with Crippen LogP contribution in [0.1, 0.15) is 27.2 Å². The molecule has 1 aliphatic carbocycles. The van der Waals surface area contributed by atoms with Gasteiger partial charge in [-0.2, -0.15) is 0 Å². The maximum atomic E-state index is 11.6. The van der Waals surface area contributed by atoms with Gasteiger partial charge in [-0.1, -0.05) is 18.2 Å². The second-order valence-corrected chi connectivity index (χ2v) is 5.16. The monoisotopic (exact) mass is 239 g/mol. The van der Waals surface area contributed by atoms with Gasteiger partial charge in [0, 0.05) is 13.5 Å². The maximum absolute atomic E-state index is 11.6. The zero-order valence-corrected chi connectivity index (χ0v) is 10.9. The average Bonchev–Trinajstić information content (AvgIpc) is 2.25. The van der Waals surface area contributed by atoms with Crippen LogP contribution in [0.2, 0.25) is 0 Å². The molecule has 0 aromatic rings. The first kappa shape index (κ1) is 13.9. The fraction of sp³-hybridized carbons (Fsp3) is 0.615. The quantitative estimate of drug-likeness (QED) is 0.809. The summed E-state index contributed by atoms with van der Waals surface area (Å²) in [6, 6.07) is 0. The lowest BCUT2D eigenvalue weighted by molar-refractivity contribution is -0.169. The molecule has 0 aromatic heterocycles. The van der Waals surface area contributed by atoms with Gasteiger partial charge in [0.05, 0.1) is 5.60 Å². The van der Waals surface area contributed by atoms with E-state index in [1.54, 1.807) is 7.11 Å². The van der Waals surface area contributed by atoms with Crippen LogP contribution in [0.15, 0.2) is 24.3 Å². The molecule has 4 heteroatoms. The van der Waals surface area contributed by atoms with Gasteiger partial charge in [-0.3, -0.25) is 4.79 Å². The van der Waals surface area contributed by atoms with E-state index in [9.17, 15) is 4.79 Å². The summed E-state index contributed by atoms with van der Waals surface area (Å²) in [5.41, 5.74) is 4.18. The number of primary amides is 1. The van der Waals surface area contributed by atoms with Crippen molar-refractivity contribution in [3.63, 3.8) is 0 Å². The van der Waals surface area contributed by atoms with E-state index in [1.165, 1.54) is 0 Å². The minimum atomic E-state index is -0.798. The summed E-state index contributed by atoms with van der Waals surface area (Å²) in [5, 5.41) is 0.